The number of fused-ring (bicyclic) bond motifs is 1. The fourth-order valence-corrected chi connectivity index (χ4v) is 3.52. The van der Waals surface area contributed by atoms with Gasteiger partial charge in [0.25, 0.3) is 0 Å². The number of phenols is 1. The van der Waals surface area contributed by atoms with Crippen molar-refractivity contribution in [2.24, 2.45) is 0 Å². The van der Waals surface area contributed by atoms with Crippen molar-refractivity contribution in [1.82, 2.24) is 9.97 Å². The Balaban J connectivity index is 1.87. The van der Waals surface area contributed by atoms with Crippen molar-refractivity contribution in [1.29, 1.82) is 0 Å². The molecule has 0 saturated heterocycles. The molecule has 28 heavy (non-hydrogen) atoms. The molecule has 0 spiro atoms. The molecular formula is C22H17Cl2N3O. The zero-order valence-corrected chi connectivity index (χ0v) is 16.5. The summed E-state index contributed by atoms with van der Waals surface area (Å²) < 4.78 is 0. The van der Waals surface area contributed by atoms with Crippen molar-refractivity contribution in [2.45, 2.75) is 13.0 Å². The van der Waals surface area contributed by atoms with Gasteiger partial charge in [0.2, 0.25) is 0 Å². The second-order valence-electron chi connectivity index (χ2n) is 6.50. The fourth-order valence-electron chi connectivity index (χ4n) is 3.18. The average Bonchev–Trinajstić information content (AvgIpc) is 2.70. The number of aryl methyl sites for hydroxylation is 1. The zero-order chi connectivity index (χ0) is 19.7. The molecule has 0 aliphatic rings. The maximum Gasteiger partial charge on any atom is 0.147 e. The maximum absolute atomic E-state index is 11.0. The highest BCUT2D eigenvalue weighted by atomic mass is 35.5. The van der Waals surface area contributed by atoms with Crippen LogP contribution in [0.1, 0.15) is 22.7 Å². The number of phenolic OH excluding ortho intramolecular Hbond substituents is 1. The first-order valence-electron chi connectivity index (χ1n) is 8.74. The SMILES string of the molecule is Cc1cc(NC(c2ccccc2Cl)c2ccc3cccnc3c2O)ncc1Cl. The normalized spacial score (nSPS) is 12.1. The lowest BCUT2D eigenvalue weighted by Gasteiger charge is -2.23. The van der Waals surface area contributed by atoms with Gasteiger partial charge in [-0.3, -0.25) is 4.98 Å². The number of rotatable bonds is 4. The lowest BCUT2D eigenvalue weighted by molar-refractivity contribution is 0.471. The van der Waals surface area contributed by atoms with Crippen LogP contribution in [0.5, 0.6) is 5.75 Å². The van der Waals surface area contributed by atoms with Crippen molar-refractivity contribution >= 4 is 39.9 Å². The Bertz CT molecular complexity index is 1160. The number of halogens is 2. The van der Waals surface area contributed by atoms with Gasteiger partial charge in [-0.1, -0.05) is 59.6 Å². The molecule has 0 saturated carbocycles. The molecule has 2 N–H and O–H groups in total. The van der Waals surface area contributed by atoms with E-state index in [2.05, 4.69) is 15.3 Å². The van der Waals surface area contributed by atoms with Crippen molar-refractivity contribution < 1.29 is 5.11 Å². The molecule has 4 nitrogen and oxygen atoms in total. The van der Waals surface area contributed by atoms with E-state index in [9.17, 15) is 5.11 Å². The quantitative estimate of drug-likeness (QED) is 0.424. The van der Waals surface area contributed by atoms with E-state index >= 15 is 0 Å². The van der Waals surface area contributed by atoms with Crippen LogP contribution in [0, 0.1) is 6.92 Å². The molecule has 0 amide bonds. The summed E-state index contributed by atoms with van der Waals surface area (Å²) in [5.74, 6) is 0.744. The minimum atomic E-state index is -0.423. The summed E-state index contributed by atoms with van der Waals surface area (Å²) >= 11 is 12.6. The molecule has 0 aliphatic heterocycles. The van der Waals surface area contributed by atoms with Crippen molar-refractivity contribution in [3.8, 4) is 5.75 Å². The summed E-state index contributed by atoms with van der Waals surface area (Å²) in [6.45, 7) is 1.91. The van der Waals surface area contributed by atoms with E-state index in [-0.39, 0.29) is 5.75 Å². The lowest BCUT2D eigenvalue weighted by Crippen LogP contribution is -2.14. The first-order chi connectivity index (χ1) is 13.5. The van der Waals surface area contributed by atoms with Crippen molar-refractivity contribution in [3.63, 3.8) is 0 Å². The van der Waals surface area contributed by atoms with Gasteiger partial charge in [-0.05, 0) is 36.2 Å². The van der Waals surface area contributed by atoms with Crippen molar-refractivity contribution in [3.05, 3.63) is 93.7 Å². The van der Waals surface area contributed by atoms with E-state index < -0.39 is 6.04 Å². The molecule has 2 heterocycles. The molecule has 2 aromatic carbocycles. The van der Waals surface area contributed by atoms with E-state index in [1.165, 1.54) is 0 Å². The number of pyridine rings is 2. The summed E-state index contributed by atoms with van der Waals surface area (Å²) in [5.41, 5.74) is 2.93. The van der Waals surface area contributed by atoms with Crippen LogP contribution in [-0.2, 0) is 0 Å². The Hall–Kier alpha value is -2.82. The summed E-state index contributed by atoms with van der Waals surface area (Å²) in [5, 5.41) is 16.4. The molecule has 4 rings (SSSR count). The molecule has 0 fully saturated rings. The van der Waals surface area contributed by atoms with Crippen LogP contribution < -0.4 is 5.32 Å². The number of hydrogen-bond acceptors (Lipinski definition) is 4. The lowest BCUT2D eigenvalue weighted by atomic mass is 9.96. The number of nitrogens with one attached hydrogen (secondary N) is 1. The minimum Gasteiger partial charge on any atom is -0.505 e. The third-order valence-corrected chi connectivity index (χ3v) is 5.39. The Morgan fingerprint density at radius 1 is 0.929 bits per heavy atom. The summed E-state index contributed by atoms with van der Waals surface area (Å²) in [4.78, 5) is 8.70. The average molecular weight is 410 g/mol. The second kappa shape index (κ2) is 7.66. The highest BCUT2D eigenvalue weighted by Crippen LogP contribution is 2.38. The van der Waals surface area contributed by atoms with E-state index in [4.69, 9.17) is 23.2 Å². The van der Waals surface area contributed by atoms with Crippen LogP contribution in [-0.4, -0.2) is 15.1 Å². The first kappa shape index (κ1) is 18.5. The number of aromatic nitrogens is 2. The first-order valence-corrected chi connectivity index (χ1v) is 9.50. The predicted molar refractivity (Wildman–Crippen MR) is 114 cm³/mol. The number of benzene rings is 2. The van der Waals surface area contributed by atoms with E-state index in [1.54, 1.807) is 12.4 Å². The monoisotopic (exact) mass is 409 g/mol. The molecule has 0 bridgehead atoms. The largest absolute Gasteiger partial charge is 0.505 e. The topological polar surface area (TPSA) is 58.0 Å². The van der Waals surface area contributed by atoms with Crippen LogP contribution in [0.25, 0.3) is 10.9 Å². The van der Waals surface area contributed by atoms with E-state index in [1.807, 2.05) is 61.5 Å². The Morgan fingerprint density at radius 2 is 1.75 bits per heavy atom. The van der Waals surface area contributed by atoms with Crippen LogP contribution in [0.4, 0.5) is 5.82 Å². The highest BCUT2D eigenvalue weighted by Gasteiger charge is 2.22. The molecule has 1 atom stereocenters. The Kier molecular flexibility index (Phi) is 5.07. The molecule has 0 radical (unpaired) electrons. The Morgan fingerprint density at radius 3 is 2.54 bits per heavy atom. The van der Waals surface area contributed by atoms with Gasteiger partial charge >= 0.3 is 0 Å². The van der Waals surface area contributed by atoms with Gasteiger partial charge in [-0.15, -0.1) is 0 Å². The fraction of sp³-hybridized carbons (Fsp3) is 0.0909. The van der Waals surface area contributed by atoms with Gasteiger partial charge < -0.3 is 10.4 Å². The number of nitrogens with zero attached hydrogens (tertiary/aromatic N) is 2. The Labute approximate surface area is 172 Å². The van der Waals surface area contributed by atoms with Crippen molar-refractivity contribution in [2.75, 3.05) is 5.32 Å². The van der Waals surface area contributed by atoms with Gasteiger partial charge in [0.05, 0.1) is 11.1 Å². The second-order valence-corrected chi connectivity index (χ2v) is 7.31. The molecule has 1 unspecified atom stereocenters. The standard InChI is InChI=1S/C22H17Cl2N3O/c1-13-11-19(26-12-18(13)24)27-21(15-6-2-3-7-17(15)23)16-9-8-14-5-4-10-25-20(14)22(16)28/h2-12,21,28H,1H3,(H,26,27). The summed E-state index contributed by atoms with van der Waals surface area (Å²) in [6, 6.07) is 16.5. The third-order valence-electron chi connectivity index (χ3n) is 4.65. The van der Waals surface area contributed by atoms with Crippen LogP contribution in [0.3, 0.4) is 0 Å². The predicted octanol–water partition coefficient (Wildman–Crippen LogP) is 6.15. The van der Waals surface area contributed by atoms with Gasteiger partial charge in [0.1, 0.15) is 17.1 Å². The van der Waals surface area contributed by atoms with Gasteiger partial charge in [0, 0.05) is 28.4 Å². The van der Waals surface area contributed by atoms with E-state index in [0.29, 0.717) is 26.9 Å². The molecular weight excluding hydrogens is 393 g/mol. The van der Waals surface area contributed by atoms with Crippen LogP contribution in [0.15, 0.2) is 67.0 Å². The van der Waals surface area contributed by atoms with Gasteiger partial charge in [-0.2, -0.15) is 0 Å². The molecule has 0 aliphatic carbocycles. The number of hydrogen-bond donors (Lipinski definition) is 2. The van der Waals surface area contributed by atoms with Gasteiger partial charge in [-0.25, -0.2) is 4.98 Å². The smallest absolute Gasteiger partial charge is 0.147 e. The number of aromatic hydroxyl groups is 1. The van der Waals surface area contributed by atoms with E-state index in [0.717, 1.165) is 16.5 Å². The minimum absolute atomic E-state index is 0.112. The molecule has 2 aromatic heterocycles. The maximum atomic E-state index is 11.0. The third kappa shape index (κ3) is 3.49. The number of anilines is 1. The highest BCUT2D eigenvalue weighted by molar-refractivity contribution is 6.31. The summed E-state index contributed by atoms with van der Waals surface area (Å²) in [7, 11) is 0. The summed E-state index contributed by atoms with van der Waals surface area (Å²) in [6.07, 6.45) is 3.26. The molecule has 140 valence electrons. The van der Waals surface area contributed by atoms with Crippen LogP contribution in [0.2, 0.25) is 10.0 Å². The molecule has 6 heteroatoms. The van der Waals surface area contributed by atoms with Gasteiger partial charge in [0.15, 0.2) is 0 Å². The van der Waals surface area contributed by atoms with Crippen LogP contribution >= 0.6 is 23.2 Å². The zero-order valence-electron chi connectivity index (χ0n) is 15.0. The molecule has 4 aromatic rings.